The minimum absolute atomic E-state index is 1.06. The Bertz CT molecular complexity index is 12.0. The van der Waals surface area contributed by atoms with Gasteiger partial charge in [-0.3, -0.25) is 0 Å². The van der Waals surface area contributed by atoms with Crippen molar-refractivity contribution in [1.82, 2.24) is 0 Å². The summed E-state index contributed by atoms with van der Waals surface area (Å²) in [5, 5.41) is 0. The maximum atomic E-state index is 3.70. The van der Waals surface area contributed by atoms with E-state index in [0.717, 1.165) is 12.8 Å². The summed E-state index contributed by atoms with van der Waals surface area (Å²) in [5.74, 6) is 0. The van der Waals surface area contributed by atoms with Gasteiger partial charge in [0.05, 0.1) is 0 Å². The van der Waals surface area contributed by atoms with E-state index in [4.69, 9.17) is 0 Å². The van der Waals surface area contributed by atoms with E-state index in [2.05, 4.69) is 13.8 Å². The molecule has 0 aliphatic rings. The van der Waals surface area contributed by atoms with Crippen LogP contribution in [0.2, 0.25) is 0 Å². The monoisotopic (exact) mass is 84.1 g/mol. The van der Waals surface area contributed by atoms with E-state index in [0.29, 0.717) is 0 Å². The van der Waals surface area contributed by atoms with Gasteiger partial charge in [0.1, 0.15) is 0 Å². The molecule has 0 aromatic carbocycles. The lowest BCUT2D eigenvalue weighted by molar-refractivity contribution is 0.759. The zero-order valence-corrected chi connectivity index (χ0v) is 4.24. The van der Waals surface area contributed by atoms with Crippen molar-refractivity contribution in [3.8, 4) is 0 Å². The number of hydrogen-bond acceptors (Lipinski definition) is 0. The van der Waals surface area contributed by atoms with Crippen molar-refractivity contribution in [3.05, 3.63) is 13.8 Å². The molecule has 36 valence electrons. The van der Waals surface area contributed by atoms with E-state index in [1.807, 2.05) is 0 Å². The maximum Gasteiger partial charge on any atom is -0.0533 e. The third-order valence-electron chi connectivity index (χ3n) is 0.750. The molecule has 0 aliphatic heterocycles. The molecule has 0 spiro atoms. The van der Waals surface area contributed by atoms with Gasteiger partial charge in [-0.15, -0.1) is 0 Å². The van der Waals surface area contributed by atoms with Gasteiger partial charge in [-0.05, 0) is 0 Å². The summed E-state index contributed by atoms with van der Waals surface area (Å²) in [6, 6.07) is 0. The van der Waals surface area contributed by atoms with E-state index in [1.54, 1.807) is 0 Å². The van der Waals surface area contributed by atoms with E-state index in [1.165, 1.54) is 12.8 Å². The quantitative estimate of drug-likeness (QED) is 0.460. The highest BCUT2D eigenvalue weighted by molar-refractivity contribution is 4.43. The molecule has 0 atom stereocenters. The van der Waals surface area contributed by atoms with Crippen LogP contribution >= 0.6 is 0 Å². The van der Waals surface area contributed by atoms with Crippen LogP contribution in [0.4, 0.5) is 0 Å². The minimum Gasteiger partial charge on any atom is -0.0533 e. The average molecular weight is 84.2 g/mol. The lowest BCUT2D eigenvalue weighted by atomic mass is 10.2. The molecule has 0 saturated heterocycles. The predicted molar refractivity (Wildman–Crippen MR) is 29.2 cm³/mol. The normalized spacial score (nSPS) is 9.00. The fourth-order valence-corrected chi connectivity index (χ4v) is 0.354. The second kappa shape index (κ2) is 5.00. The summed E-state index contributed by atoms with van der Waals surface area (Å²) in [7, 11) is 0. The van der Waals surface area contributed by atoms with Crippen LogP contribution in [0, 0.1) is 13.8 Å². The number of rotatable bonds is 3. The van der Waals surface area contributed by atoms with Gasteiger partial charge in [-0.1, -0.05) is 39.5 Å². The van der Waals surface area contributed by atoms with Crippen LogP contribution in [-0.2, 0) is 0 Å². The van der Waals surface area contributed by atoms with Crippen molar-refractivity contribution in [3.63, 3.8) is 0 Å². The molecule has 2 radical (unpaired) electrons. The Kier molecular flexibility index (Phi) is 5.00. The largest absolute Gasteiger partial charge is 0.0533 e. The van der Waals surface area contributed by atoms with E-state index < -0.39 is 0 Å². The Balaban J connectivity index is 2.34. The zero-order chi connectivity index (χ0) is 4.83. The van der Waals surface area contributed by atoms with Crippen molar-refractivity contribution in [2.75, 3.05) is 0 Å². The zero-order valence-electron chi connectivity index (χ0n) is 4.24. The molecule has 0 unspecified atom stereocenters. The molecule has 0 fully saturated rings. The molecule has 6 heavy (non-hydrogen) atoms. The molecular weight excluding hydrogens is 72.1 g/mol. The Morgan fingerprint density at radius 2 is 1.17 bits per heavy atom. The van der Waals surface area contributed by atoms with Gasteiger partial charge in [0, 0.05) is 0 Å². The lowest BCUT2D eigenvalue weighted by Crippen LogP contribution is -1.66. The third kappa shape index (κ3) is 4.00. The Labute approximate surface area is 40.6 Å². The van der Waals surface area contributed by atoms with Gasteiger partial charge >= 0.3 is 0 Å². The first-order chi connectivity index (χ1) is 2.91. The van der Waals surface area contributed by atoms with Crippen molar-refractivity contribution < 1.29 is 0 Å². The average Bonchev–Trinajstić information content (AvgIpc) is 1.61. The highest BCUT2D eigenvalue weighted by Gasteiger charge is 1.75. The molecule has 0 aliphatic carbocycles. The summed E-state index contributed by atoms with van der Waals surface area (Å²) >= 11 is 0. The van der Waals surface area contributed by atoms with E-state index in [9.17, 15) is 0 Å². The van der Waals surface area contributed by atoms with Crippen molar-refractivity contribution >= 4 is 0 Å². The fourth-order valence-electron chi connectivity index (χ4n) is 0.354. The van der Waals surface area contributed by atoms with Crippen molar-refractivity contribution in [1.29, 1.82) is 0 Å². The number of hydrogen-bond donors (Lipinski definition) is 0. The molecule has 0 nitrogen and oxygen atoms in total. The van der Waals surface area contributed by atoms with Crippen molar-refractivity contribution in [2.45, 2.75) is 25.7 Å². The van der Waals surface area contributed by atoms with Crippen LogP contribution in [0.5, 0.6) is 0 Å². The topological polar surface area (TPSA) is 0 Å². The Morgan fingerprint density at radius 1 is 0.833 bits per heavy atom. The molecule has 0 N–H and O–H groups in total. The molecule has 0 amide bonds. The molecule has 0 aromatic rings. The van der Waals surface area contributed by atoms with Gasteiger partial charge in [0.15, 0.2) is 0 Å². The molecule has 0 heterocycles. The molecular formula is C6H12. The van der Waals surface area contributed by atoms with Gasteiger partial charge in [-0.2, -0.15) is 0 Å². The standard InChI is InChI=1S/C6H12/c1-3-5-6-4-2/h1-6H2. The van der Waals surface area contributed by atoms with Crippen LogP contribution in [-0.4, -0.2) is 0 Å². The van der Waals surface area contributed by atoms with Gasteiger partial charge in [0.25, 0.3) is 0 Å². The lowest BCUT2D eigenvalue weighted by Gasteiger charge is -1.85. The van der Waals surface area contributed by atoms with E-state index in [-0.39, 0.29) is 0 Å². The molecule has 0 heteroatoms. The SMILES string of the molecule is [CH2]CCCC[CH2]. The first-order valence-electron chi connectivity index (χ1n) is 2.50. The van der Waals surface area contributed by atoms with Gasteiger partial charge in [0.2, 0.25) is 0 Å². The predicted octanol–water partition coefficient (Wildman–Crippen LogP) is 2.21. The molecule has 0 aromatic heterocycles. The van der Waals surface area contributed by atoms with Gasteiger partial charge in [-0.25, -0.2) is 0 Å². The Hall–Kier alpha value is 0. The summed E-state index contributed by atoms with van der Waals surface area (Å²) in [6.45, 7) is 7.39. The minimum atomic E-state index is 1.06. The van der Waals surface area contributed by atoms with Crippen LogP contribution in [0.3, 0.4) is 0 Å². The molecule has 0 saturated carbocycles. The molecule has 0 rings (SSSR count). The maximum absolute atomic E-state index is 3.70. The van der Waals surface area contributed by atoms with Crippen molar-refractivity contribution in [2.24, 2.45) is 0 Å². The van der Waals surface area contributed by atoms with Gasteiger partial charge < -0.3 is 0 Å². The highest BCUT2D eigenvalue weighted by atomic mass is 13.8. The fraction of sp³-hybridized carbons (Fsp3) is 0.667. The number of unbranched alkanes of at least 4 members (excludes halogenated alkanes) is 3. The summed E-state index contributed by atoms with van der Waals surface area (Å²) in [6.07, 6.45) is 4.61. The summed E-state index contributed by atoms with van der Waals surface area (Å²) in [4.78, 5) is 0. The second-order valence-electron chi connectivity index (χ2n) is 1.41. The van der Waals surface area contributed by atoms with E-state index >= 15 is 0 Å². The summed E-state index contributed by atoms with van der Waals surface area (Å²) in [5.41, 5.74) is 0. The second-order valence-corrected chi connectivity index (χ2v) is 1.41. The Morgan fingerprint density at radius 3 is 1.33 bits per heavy atom. The van der Waals surface area contributed by atoms with Crippen LogP contribution < -0.4 is 0 Å². The van der Waals surface area contributed by atoms with Crippen LogP contribution in [0.1, 0.15) is 25.7 Å². The third-order valence-corrected chi connectivity index (χ3v) is 0.750. The van der Waals surface area contributed by atoms with Crippen LogP contribution in [0.15, 0.2) is 0 Å². The summed E-state index contributed by atoms with van der Waals surface area (Å²) < 4.78 is 0. The highest BCUT2D eigenvalue weighted by Crippen LogP contribution is 1.94. The first-order valence-corrected chi connectivity index (χ1v) is 2.50. The van der Waals surface area contributed by atoms with Crippen LogP contribution in [0.25, 0.3) is 0 Å². The molecule has 0 bridgehead atoms. The first kappa shape index (κ1) is 6.00. The smallest absolute Gasteiger partial charge is 0.0533 e.